The van der Waals surface area contributed by atoms with Crippen molar-refractivity contribution in [3.63, 3.8) is 0 Å². The lowest BCUT2D eigenvalue weighted by Crippen LogP contribution is -2.36. The van der Waals surface area contributed by atoms with Gasteiger partial charge in [0.1, 0.15) is 5.75 Å². The Morgan fingerprint density at radius 3 is 2.33 bits per heavy atom. The first kappa shape index (κ1) is 15.3. The molecular weight excluding hydrogens is 266 g/mol. The number of allylic oxidation sites excluding steroid dienone is 1. The molecule has 1 saturated heterocycles. The third-order valence-electron chi connectivity index (χ3n) is 3.85. The molecule has 1 aromatic carbocycles. The summed E-state index contributed by atoms with van der Waals surface area (Å²) in [5, 5.41) is 0. The van der Waals surface area contributed by atoms with Gasteiger partial charge in [-0.25, -0.2) is 0 Å². The summed E-state index contributed by atoms with van der Waals surface area (Å²) in [7, 11) is 1.58. The highest BCUT2D eigenvalue weighted by molar-refractivity contribution is 6.07. The van der Waals surface area contributed by atoms with Crippen LogP contribution in [0.3, 0.4) is 0 Å². The molecule has 1 heterocycles. The van der Waals surface area contributed by atoms with Gasteiger partial charge in [-0.1, -0.05) is 6.92 Å². The van der Waals surface area contributed by atoms with Crippen molar-refractivity contribution in [2.75, 3.05) is 20.2 Å². The van der Waals surface area contributed by atoms with Crippen LogP contribution in [0.2, 0.25) is 0 Å². The van der Waals surface area contributed by atoms with E-state index in [2.05, 4.69) is 6.92 Å². The number of likely N-dealkylation sites (tertiary alicyclic amines) is 1. The molecule has 1 aromatic rings. The van der Waals surface area contributed by atoms with Crippen molar-refractivity contribution in [1.82, 2.24) is 4.90 Å². The predicted molar refractivity (Wildman–Crippen MR) is 81.4 cm³/mol. The van der Waals surface area contributed by atoms with Crippen LogP contribution in [-0.2, 0) is 4.79 Å². The number of piperidine rings is 1. The van der Waals surface area contributed by atoms with E-state index in [1.165, 1.54) is 12.2 Å². The fraction of sp³-hybridized carbons (Fsp3) is 0.412. The normalized spacial score (nSPS) is 16.2. The molecule has 1 fully saturated rings. The number of hydrogen-bond donors (Lipinski definition) is 0. The Labute approximate surface area is 125 Å². The zero-order valence-corrected chi connectivity index (χ0v) is 12.5. The number of hydrogen-bond acceptors (Lipinski definition) is 3. The first-order chi connectivity index (χ1) is 10.1. The van der Waals surface area contributed by atoms with Gasteiger partial charge in [-0.3, -0.25) is 9.59 Å². The molecule has 0 atom stereocenters. The monoisotopic (exact) mass is 287 g/mol. The van der Waals surface area contributed by atoms with Crippen LogP contribution in [0.1, 0.15) is 30.1 Å². The van der Waals surface area contributed by atoms with Crippen molar-refractivity contribution in [2.45, 2.75) is 19.8 Å². The van der Waals surface area contributed by atoms with Gasteiger partial charge in [-0.2, -0.15) is 0 Å². The molecule has 0 radical (unpaired) electrons. The third-order valence-corrected chi connectivity index (χ3v) is 3.85. The maximum absolute atomic E-state index is 12.0. The number of carbonyl (C=O) groups is 2. The molecule has 0 N–H and O–H groups in total. The quantitative estimate of drug-likeness (QED) is 0.632. The summed E-state index contributed by atoms with van der Waals surface area (Å²) in [6.45, 7) is 3.76. The van der Waals surface area contributed by atoms with Crippen LogP contribution >= 0.6 is 0 Å². The van der Waals surface area contributed by atoms with E-state index in [4.69, 9.17) is 4.74 Å². The molecule has 112 valence electrons. The van der Waals surface area contributed by atoms with Gasteiger partial charge in [0.25, 0.3) is 0 Å². The van der Waals surface area contributed by atoms with Crippen LogP contribution in [0.25, 0.3) is 0 Å². The summed E-state index contributed by atoms with van der Waals surface area (Å²) in [5.41, 5.74) is 0.548. The second-order valence-corrected chi connectivity index (χ2v) is 5.43. The molecule has 4 nitrogen and oxygen atoms in total. The Hall–Kier alpha value is -2.10. The number of ketones is 1. The molecule has 0 spiro atoms. The molecule has 2 rings (SSSR count). The van der Waals surface area contributed by atoms with Gasteiger partial charge in [0, 0.05) is 24.7 Å². The van der Waals surface area contributed by atoms with E-state index in [1.54, 1.807) is 36.3 Å². The Bertz CT molecular complexity index is 525. The van der Waals surface area contributed by atoms with Crippen LogP contribution in [0.5, 0.6) is 5.75 Å². The zero-order valence-electron chi connectivity index (χ0n) is 12.5. The minimum atomic E-state index is -0.170. The van der Waals surface area contributed by atoms with Crippen molar-refractivity contribution < 1.29 is 14.3 Å². The van der Waals surface area contributed by atoms with E-state index in [0.29, 0.717) is 17.2 Å². The average molecular weight is 287 g/mol. The summed E-state index contributed by atoms with van der Waals surface area (Å²) in [6.07, 6.45) is 4.79. The highest BCUT2D eigenvalue weighted by Crippen LogP contribution is 2.16. The molecular formula is C17H21NO3. The molecule has 21 heavy (non-hydrogen) atoms. The van der Waals surface area contributed by atoms with E-state index in [1.807, 2.05) is 0 Å². The Balaban J connectivity index is 1.93. The van der Waals surface area contributed by atoms with Gasteiger partial charge in [0.15, 0.2) is 5.78 Å². The lowest BCUT2D eigenvalue weighted by atomic mass is 9.99. The highest BCUT2D eigenvalue weighted by atomic mass is 16.5. The van der Waals surface area contributed by atoms with Crippen LogP contribution in [0.15, 0.2) is 36.4 Å². The van der Waals surface area contributed by atoms with Gasteiger partial charge < -0.3 is 9.64 Å². The predicted octanol–water partition coefficient (Wildman–Crippen LogP) is 2.69. The van der Waals surface area contributed by atoms with Gasteiger partial charge in [0.05, 0.1) is 7.11 Å². The smallest absolute Gasteiger partial charge is 0.246 e. The Morgan fingerprint density at radius 1 is 1.14 bits per heavy atom. The molecule has 0 aliphatic carbocycles. The fourth-order valence-electron chi connectivity index (χ4n) is 2.33. The van der Waals surface area contributed by atoms with Crippen molar-refractivity contribution in [3.05, 3.63) is 42.0 Å². The topological polar surface area (TPSA) is 46.6 Å². The molecule has 0 aromatic heterocycles. The fourth-order valence-corrected chi connectivity index (χ4v) is 2.33. The first-order valence-corrected chi connectivity index (χ1v) is 7.25. The van der Waals surface area contributed by atoms with Crippen molar-refractivity contribution >= 4 is 11.7 Å². The zero-order chi connectivity index (χ0) is 15.2. The molecule has 1 aliphatic rings. The second-order valence-electron chi connectivity index (χ2n) is 5.43. The van der Waals surface area contributed by atoms with Gasteiger partial charge in [-0.15, -0.1) is 0 Å². The average Bonchev–Trinajstić information content (AvgIpc) is 2.53. The SMILES string of the molecule is COc1ccc(C(=O)/C=C/C(=O)N2CCC(C)CC2)cc1. The molecule has 1 amide bonds. The molecule has 0 saturated carbocycles. The molecule has 4 heteroatoms. The lowest BCUT2D eigenvalue weighted by Gasteiger charge is -2.29. The maximum Gasteiger partial charge on any atom is 0.246 e. The number of methoxy groups -OCH3 is 1. The van der Waals surface area contributed by atoms with E-state index >= 15 is 0 Å². The lowest BCUT2D eigenvalue weighted by molar-refractivity contribution is -0.127. The first-order valence-electron chi connectivity index (χ1n) is 7.25. The molecule has 0 unspecified atom stereocenters. The Kier molecular flexibility index (Phi) is 5.14. The van der Waals surface area contributed by atoms with Gasteiger partial charge in [0.2, 0.25) is 5.91 Å². The van der Waals surface area contributed by atoms with E-state index < -0.39 is 0 Å². The number of nitrogens with zero attached hydrogens (tertiary/aromatic N) is 1. The molecule has 0 bridgehead atoms. The highest BCUT2D eigenvalue weighted by Gasteiger charge is 2.18. The summed E-state index contributed by atoms with van der Waals surface area (Å²) < 4.78 is 5.04. The standard InChI is InChI=1S/C17H21NO3/c1-13-9-11-18(12-10-13)17(20)8-7-16(19)14-3-5-15(21-2)6-4-14/h3-8,13H,9-12H2,1-2H3/b8-7+. The number of amides is 1. The number of carbonyl (C=O) groups excluding carboxylic acids is 2. The largest absolute Gasteiger partial charge is 0.497 e. The number of rotatable bonds is 4. The minimum Gasteiger partial charge on any atom is -0.497 e. The summed E-state index contributed by atoms with van der Waals surface area (Å²) in [4.78, 5) is 25.8. The Morgan fingerprint density at radius 2 is 1.76 bits per heavy atom. The van der Waals surface area contributed by atoms with Crippen LogP contribution in [0, 0.1) is 5.92 Å². The van der Waals surface area contributed by atoms with E-state index in [-0.39, 0.29) is 11.7 Å². The molecule has 1 aliphatic heterocycles. The number of benzene rings is 1. The summed E-state index contributed by atoms with van der Waals surface area (Å²) >= 11 is 0. The van der Waals surface area contributed by atoms with Crippen molar-refractivity contribution in [3.8, 4) is 5.75 Å². The minimum absolute atomic E-state index is 0.0799. The van der Waals surface area contributed by atoms with Gasteiger partial charge in [-0.05, 0) is 49.1 Å². The summed E-state index contributed by atoms with van der Waals surface area (Å²) in [6, 6.07) is 6.85. The van der Waals surface area contributed by atoms with Crippen LogP contribution in [0.4, 0.5) is 0 Å². The van der Waals surface area contributed by atoms with Gasteiger partial charge >= 0.3 is 0 Å². The van der Waals surface area contributed by atoms with Crippen LogP contribution < -0.4 is 4.74 Å². The van der Waals surface area contributed by atoms with Crippen molar-refractivity contribution in [2.24, 2.45) is 5.92 Å². The van der Waals surface area contributed by atoms with E-state index in [9.17, 15) is 9.59 Å². The van der Waals surface area contributed by atoms with Crippen molar-refractivity contribution in [1.29, 1.82) is 0 Å². The second kappa shape index (κ2) is 7.07. The summed E-state index contributed by atoms with van der Waals surface area (Å²) in [5.74, 6) is 1.13. The third kappa shape index (κ3) is 4.18. The maximum atomic E-state index is 12.0. The number of ether oxygens (including phenoxy) is 1. The van der Waals surface area contributed by atoms with Crippen LogP contribution in [-0.4, -0.2) is 36.8 Å². The van der Waals surface area contributed by atoms with E-state index in [0.717, 1.165) is 25.9 Å².